The molecule has 0 saturated carbocycles. The molecule has 132 valence electrons. The molecule has 0 atom stereocenters. The van der Waals surface area contributed by atoms with Crippen molar-refractivity contribution >= 4 is 18.0 Å². The Hall–Kier alpha value is -2.93. The van der Waals surface area contributed by atoms with Crippen LogP contribution in [-0.2, 0) is 25.6 Å². The number of nitrogens with one attached hydrogen (secondary N) is 1. The highest BCUT2D eigenvalue weighted by molar-refractivity contribution is 5.89. The summed E-state index contributed by atoms with van der Waals surface area (Å²) < 4.78 is 11.4. The van der Waals surface area contributed by atoms with E-state index in [1.165, 1.54) is 6.08 Å². The van der Waals surface area contributed by atoms with Crippen molar-refractivity contribution in [2.75, 3.05) is 26.9 Å². The van der Waals surface area contributed by atoms with Crippen molar-refractivity contribution in [2.24, 2.45) is 0 Å². The summed E-state index contributed by atoms with van der Waals surface area (Å²) in [6, 6.07) is 9.95. The molecule has 0 aliphatic rings. The smallest absolute Gasteiger partial charge is 0.331 e. The highest BCUT2D eigenvalue weighted by Crippen LogP contribution is 2.05. The van der Waals surface area contributed by atoms with Gasteiger partial charge in [-0.1, -0.05) is 30.3 Å². The SMILES string of the molecule is COCCNC(=O)COC(=O)/C=C/c1cnn(Cc2ccccc2)c1. The summed E-state index contributed by atoms with van der Waals surface area (Å²) in [4.78, 5) is 23.0. The number of aromatic nitrogens is 2. The van der Waals surface area contributed by atoms with Gasteiger partial charge in [0.15, 0.2) is 6.61 Å². The minimum atomic E-state index is -0.585. The zero-order valence-corrected chi connectivity index (χ0v) is 14.1. The van der Waals surface area contributed by atoms with Crippen LogP contribution in [0.15, 0.2) is 48.8 Å². The van der Waals surface area contributed by atoms with Gasteiger partial charge in [-0.2, -0.15) is 5.10 Å². The van der Waals surface area contributed by atoms with Crippen molar-refractivity contribution in [3.8, 4) is 0 Å². The quantitative estimate of drug-likeness (QED) is 0.421. The van der Waals surface area contributed by atoms with Crippen LogP contribution in [0.5, 0.6) is 0 Å². The third kappa shape index (κ3) is 7.01. The summed E-state index contributed by atoms with van der Waals surface area (Å²) in [6.07, 6.45) is 6.35. The molecule has 7 nitrogen and oxygen atoms in total. The molecule has 0 saturated heterocycles. The minimum absolute atomic E-state index is 0.319. The molecular weight excluding hydrogens is 322 g/mol. The average molecular weight is 343 g/mol. The summed E-state index contributed by atoms with van der Waals surface area (Å²) in [6.45, 7) is 1.12. The molecule has 1 N–H and O–H groups in total. The van der Waals surface area contributed by atoms with Gasteiger partial charge >= 0.3 is 5.97 Å². The maximum atomic E-state index is 11.6. The zero-order valence-electron chi connectivity index (χ0n) is 14.1. The van der Waals surface area contributed by atoms with Crippen molar-refractivity contribution in [1.82, 2.24) is 15.1 Å². The lowest BCUT2D eigenvalue weighted by Gasteiger charge is -2.04. The molecule has 0 aliphatic heterocycles. The molecule has 0 spiro atoms. The topological polar surface area (TPSA) is 82.4 Å². The minimum Gasteiger partial charge on any atom is -0.452 e. The largest absolute Gasteiger partial charge is 0.452 e. The Bertz CT molecular complexity index is 710. The number of ether oxygens (including phenoxy) is 2. The maximum absolute atomic E-state index is 11.6. The monoisotopic (exact) mass is 343 g/mol. The number of benzene rings is 1. The molecule has 0 fully saturated rings. The lowest BCUT2D eigenvalue weighted by atomic mass is 10.2. The summed E-state index contributed by atoms with van der Waals surface area (Å²) in [5.74, 6) is -0.952. The molecule has 2 rings (SSSR count). The molecule has 25 heavy (non-hydrogen) atoms. The normalized spacial score (nSPS) is 10.8. The maximum Gasteiger partial charge on any atom is 0.331 e. The van der Waals surface area contributed by atoms with Crippen LogP contribution in [0.2, 0.25) is 0 Å². The lowest BCUT2D eigenvalue weighted by molar-refractivity contribution is -0.143. The van der Waals surface area contributed by atoms with E-state index in [1.54, 1.807) is 24.1 Å². The summed E-state index contributed by atoms with van der Waals surface area (Å²) >= 11 is 0. The van der Waals surface area contributed by atoms with Gasteiger partial charge in [0.1, 0.15) is 0 Å². The first kappa shape index (κ1) is 18.4. The van der Waals surface area contributed by atoms with Gasteiger partial charge in [0.25, 0.3) is 5.91 Å². The Morgan fingerprint density at radius 3 is 2.84 bits per heavy atom. The van der Waals surface area contributed by atoms with Crippen molar-refractivity contribution in [3.05, 3.63) is 59.9 Å². The fourth-order valence-corrected chi connectivity index (χ4v) is 2.02. The van der Waals surface area contributed by atoms with Gasteiger partial charge in [0.2, 0.25) is 0 Å². The number of methoxy groups -OCH3 is 1. The summed E-state index contributed by atoms with van der Waals surface area (Å²) in [5, 5.41) is 6.80. The van der Waals surface area contributed by atoms with Gasteiger partial charge in [-0.3, -0.25) is 9.48 Å². The third-order valence-electron chi connectivity index (χ3n) is 3.23. The molecule has 0 bridgehead atoms. The molecule has 0 unspecified atom stereocenters. The van der Waals surface area contributed by atoms with E-state index < -0.39 is 5.97 Å². The van der Waals surface area contributed by atoms with E-state index in [4.69, 9.17) is 9.47 Å². The van der Waals surface area contributed by atoms with E-state index in [2.05, 4.69) is 10.4 Å². The number of hydrogen-bond acceptors (Lipinski definition) is 5. The van der Waals surface area contributed by atoms with Crippen molar-refractivity contribution in [1.29, 1.82) is 0 Å². The van der Waals surface area contributed by atoms with Crippen LogP contribution >= 0.6 is 0 Å². The van der Waals surface area contributed by atoms with Crippen molar-refractivity contribution in [3.63, 3.8) is 0 Å². The van der Waals surface area contributed by atoms with Gasteiger partial charge in [-0.05, 0) is 11.6 Å². The van der Waals surface area contributed by atoms with Crippen molar-refractivity contribution < 1.29 is 19.1 Å². The van der Waals surface area contributed by atoms with Crippen LogP contribution in [0, 0.1) is 0 Å². The van der Waals surface area contributed by atoms with E-state index >= 15 is 0 Å². The second kappa shape index (κ2) is 10.0. The van der Waals surface area contributed by atoms with E-state index in [1.807, 2.05) is 36.5 Å². The first-order valence-corrected chi connectivity index (χ1v) is 7.84. The highest BCUT2D eigenvalue weighted by Gasteiger charge is 2.04. The molecule has 2 aromatic rings. The molecule has 0 radical (unpaired) electrons. The number of esters is 1. The van der Waals surface area contributed by atoms with Crippen LogP contribution < -0.4 is 5.32 Å². The number of rotatable bonds is 9. The van der Waals surface area contributed by atoms with E-state index in [0.29, 0.717) is 19.7 Å². The highest BCUT2D eigenvalue weighted by atomic mass is 16.5. The number of hydrogen-bond donors (Lipinski definition) is 1. The Morgan fingerprint density at radius 1 is 1.28 bits per heavy atom. The lowest BCUT2D eigenvalue weighted by Crippen LogP contribution is -2.31. The Labute approximate surface area is 146 Å². The molecular formula is C18H21N3O4. The van der Waals surface area contributed by atoms with Crippen molar-refractivity contribution in [2.45, 2.75) is 6.54 Å². The molecule has 1 amide bonds. The van der Waals surface area contributed by atoms with Gasteiger partial charge in [-0.15, -0.1) is 0 Å². The summed E-state index contributed by atoms with van der Waals surface area (Å²) in [5.41, 5.74) is 1.91. The number of carbonyl (C=O) groups is 2. The summed E-state index contributed by atoms with van der Waals surface area (Å²) in [7, 11) is 1.54. The number of carbonyl (C=O) groups excluding carboxylic acids is 2. The molecule has 1 aromatic heterocycles. The standard InChI is InChI=1S/C18H21N3O4/c1-24-10-9-19-17(22)14-25-18(23)8-7-16-11-20-21(13-16)12-15-5-3-2-4-6-15/h2-8,11,13H,9-10,12,14H2,1H3,(H,19,22)/b8-7+. The first-order valence-electron chi connectivity index (χ1n) is 7.84. The molecule has 1 heterocycles. The second-order valence-electron chi connectivity index (χ2n) is 5.24. The molecule has 7 heteroatoms. The third-order valence-corrected chi connectivity index (χ3v) is 3.23. The van der Waals surface area contributed by atoms with E-state index in [9.17, 15) is 9.59 Å². The Balaban J connectivity index is 1.75. The predicted octanol–water partition coefficient (Wildman–Crippen LogP) is 1.25. The second-order valence-corrected chi connectivity index (χ2v) is 5.24. The van der Waals surface area contributed by atoms with Gasteiger partial charge < -0.3 is 14.8 Å². The van der Waals surface area contributed by atoms with Crippen LogP contribution in [0.1, 0.15) is 11.1 Å². The van der Waals surface area contributed by atoms with Crippen LogP contribution in [-0.4, -0.2) is 48.5 Å². The molecule has 0 aliphatic carbocycles. The fourth-order valence-electron chi connectivity index (χ4n) is 2.02. The fraction of sp³-hybridized carbons (Fsp3) is 0.278. The number of amides is 1. The zero-order chi connectivity index (χ0) is 17.9. The predicted molar refractivity (Wildman–Crippen MR) is 92.6 cm³/mol. The Morgan fingerprint density at radius 2 is 2.08 bits per heavy atom. The van der Waals surface area contributed by atoms with E-state index in [-0.39, 0.29) is 12.5 Å². The number of nitrogens with zero attached hydrogens (tertiary/aromatic N) is 2. The van der Waals surface area contributed by atoms with Gasteiger partial charge in [-0.25, -0.2) is 4.79 Å². The first-order chi connectivity index (χ1) is 12.2. The van der Waals surface area contributed by atoms with E-state index in [0.717, 1.165) is 11.1 Å². The van der Waals surface area contributed by atoms with Crippen LogP contribution in [0.4, 0.5) is 0 Å². The van der Waals surface area contributed by atoms with Crippen LogP contribution in [0.3, 0.4) is 0 Å². The average Bonchev–Trinajstić information content (AvgIpc) is 3.06. The Kier molecular flexibility index (Phi) is 7.40. The van der Waals surface area contributed by atoms with Gasteiger partial charge in [0.05, 0.1) is 19.3 Å². The molecule has 1 aromatic carbocycles. The van der Waals surface area contributed by atoms with Gasteiger partial charge in [0, 0.05) is 31.5 Å². The van der Waals surface area contributed by atoms with Crippen LogP contribution in [0.25, 0.3) is 6.08 Å².